The summed E-state index contributed by atoms with van der Waals surface area (Å²) in [4.78, 5) is 25.4. The number of cyclic esters (lactones) is 1. The van der Waals surface area contributed by atoms with Crippen LogP contribution in [-0.2, 0) is 9.53 Å². The molecule has 0 aliphatic carbocycles. The van der Waals surface area contributed by atoms with Gasteiger partial charge in [-0.05, 0) is 30.3 Å². The number of piperazine rings is 1. The van der Waals surface area contributed by atoms with Crippen molar-refractivity contribution in [2.45, 2.75) is 0 Å². The van der Waals surface area contributed by atoms with Crippen LogP contribution in [0.15, 0.2) is 87.2 Å². The lowest BCUT2D eigenvalue weighted by Gasteiger charge is -2.34. The fourth-order valence-electron chi connectivity index (χ4n) is 3.65. The zero-order chi connectivity index (χ0) is 21.2. The number of hydrogen-bond donors (Lipinski definition) is 1. The minimum absolute atomic E-state index is 0.287. The Bertz CT molecular complexity index is 1200. The Morgan fingerprint density at radius 1 is 1.03 bits per heavy atom. The van der Waals surface area contributed by atoms with Crippen molar-refractivity contribution in [1.29, 1.82) is 0 Å². The Kier molecular flexibility index (Phi) is 4.87. The van der Waals surface area contributed by atoms with Crippen LogP contribution in [0.25, 0.3) is 11.0 Å². The van der Waals surface area contributed by atoms with Gasteiger partial charge in [-0.25, -0.2) is 14.8 Å². The fourth-order valence-corrected chi connectivity index (χ4v) is 3.65. The molecule has 0 atom stereocenters. The number of esters is 1. The number of guanidine groups is 1. The Morgan fingerprint density at radius 2 is 1.84 bits per heavy atom. The van der Waals surface area contributed by atoms with Crippen molar-refractivity contribution in [1.82, 2.24) is 9.80 Å². The van der Waals surface area contributed by atoms with Crippen LogP contribution in [0.3, 0.4) is 0 Å². The van der Waals surface area contributed by atoms with Gasteiger partial charge in [-0.1, -0.05) is 24.3 Å². The van der Waals surface area contributed by atoms with Gasteiger partial charge < -0.3 is 24.7 Å². The van der Waals surface area contributed by atoms with E-state index in [2.05, 4.69) is 9.98 Å². The molecule has 8 nitrogen and oxygen atoms in total. The average Bonchev–Trinajstić information content (AvgIpc) is 3.41. The second kappa shape index (κ2) is 7.98. The molecule has 0 spiro atoms. The minimum Gasteiger partial charge on any atom is -0.464 e. The summed E-state index contributed by atoms with van der Waals surface area (Å²) in [6.45, 7) is 2.80. The summed E-state index contributed by atoms with van der Waals surface area (Å²) in [6.07, 6.45) is 3.36. The molecule has 0 bridgehead atoms. The molecule has 2 aromatic carbocycles. The summed E-state index contributed by atoms with van der Waals surface area (Å²) in [5.74, 6) is 0.330. The van der Waals surface area contributed by atoms with Gasteiger partial charge >= 0.3 is 5.97 Å². The van der Waals surface area contributed by atoms with Gasteiger partial charge in [0.05, 0.1) is 12.0 Å². The van der Waals surface area contributed by atoms with E-state index in [4.69, 9.17) is 14.9 Å². The largest absolute Gasteiger partial charge is 0.464 e. The van der Waals surface area contributed by atoms with E-state index in [1.807, 2.05) is 64.4 Å². The van der Waals surface area contributed by atoms with Crippen molar-refractivity contribution in [3.8, 4) is 0 Å². The zero-order valence-electron chi connectivity index (χ0n) is 16.8. The molecular formula is C23H21N5O3. The van der Waals surface area contributed by atoms with Gasteiger partial charge in [0.1, 0.15) is 5.58 Å². The van der Waals surface area contributed by atoms with E-state index in [9.17, 15) is 4.79 Å². The molecule has 0 saturated carbocycles. The van der Waals surface area contributed by atoms with E-state index in [1.54, 1.807) is 12.5 Å². The minimum atomic E-state index is -0.455. The van der Waals surface area contributed by atoms with Crippen LogP contribution in [-0.4, -0.2) is 53.8 Å². The summed E-state index contributed by atoms with van der Waals surface area (Å²) in [7, 11) is 0. The van der Waals surface area contributed by atoms with Crippen LogP contribution in [0, 0.1) is 0 Å². The van der Waals surface area contributed by atoms with Crippen molar-refractivity contribution in [3.05, 3.63) is 78.3 Å². The number of para-hydroxylation sites is 1. The predicted molar refractivity (Wildman–Crippen MR) is 118 cm³/mol. The topological polar surface area (TPSA) is 96.7 Å². The Morgan fingerprint density at radius 3 is 2.65 bits per heavy atom. The first-order chi connectivity index (χ1) is 15.2. The molecule has 31 heavy (non-hydrogen) atoms. The maximum absolute atomic E-state index is 12.4. The third kappa shape index (κ3) is 3.87. The molecule has 156 valence electrons. The van der Waals surface area contributed by atoms with E-state index in [0.717, 1.165) is 22.2 Å². The normalized spacial score (nSPS) is 18.6. The van der Waals surface area contributed by atoms with Gasteiger partial charge in [-0.2, -0.15) is 0 Å². The van der Waals surface area contributed by atoms with Gasteiger partial charge in [0.25, 0.3) is 0 Å². The molecule has 1 fully saturated rings. The predicted octanol–water partition coefficient (Wildman–Crippen LogP) is 2.84. The number of rotatable bonds is 3. The van der Waals surface area contributed by atoms with Crippen LogP contribution in [0.5, 0.6) is 0 Å². The lowest BCUT2D eigenvalue weighted by molar-refractivity contribution is -0.130. The number of aliphatic imine (C=N–C) groups is 2. The molecule has 2 aliphatic rings. The lowest BCUT2D eigenvalue weighted by atomic mass is 10.1. The van der Waals surface area contributed by atoms with E-state index >= 15 is 0 Å². The number of ether oxygens (including phenoxy) is 1. The maximum Gasteiger partial charge on any atom is 0.365 e. The first-order valence-corrected chi connectivity index (χ1v) is 10.0. The van der Waals surface area contributed by atoms with Crippen LogP contribution in [0.2, 0.25) is 0 Å². The third-order valence-corrected chi connectivity index (χ3v) is 5.29. The average molecular weight is 415 g/mol. The van der Waals surface area contributed by atoms with Crippen molar-refractivity contribution in [2.24, 2.45) is 15.7 Å². The molecule has 3 heterocycles. The molecule has 2 aliphatic heterocycles. The second-order valence-electron chi connectivity index (χ2n) is 7.29. The van der Waals surface area contributed by atoms with Gasteiger partial charge in [0.15, 0.2) is 11.7 Å². The summed E-state index contributed by atoms with van der Waals surface area (Å²) < 4.78 is 10.8. The number of furan rings is 1. The smallest absolute Gasteiger partial charge is 0.365 e. The summed E-state index contributed by atoms with van der Waals surface area (Å²) in [6, 6.07) is 17.0. The summed E-state index contributed by atoms with van der Waals surface area (Å²) in [5, 5.41) is 0.858. The Hall–Kier alpha value is -4.07. The molecular weight excluding hydrogens is 394 g/mol. The highest BCUT2D eigenvalue weighted by molar-refractivity contribution is 6.15. The first-order valence-electron chi connectivity index (χ1n) is 10.0. The number of benzene rings is 2. The zero-order valence-corrected chi connectivity index (χ0v) is 16.8. The van der Waals surface area contributed by atoms with Crippen LogP contribution in [0.1, 0.15) is 5.56 Å². The molecule has 2 N–H and O–H groups in total. The van der Waals surface area contributed by atoms with Crippen molar-refractivity contribution < 1.29 is 13.9 Å². The molecule has 5 rings (SSSR count). The molecule has 1 aromatic heterocycles. The monoisotopic (exact) mass is 415 g/mol. The van der Waals surface area contributed by atoms with Crippen LogP contribution >= 0.6 is 0 Å². The van der Waals surface area contributed by atoms with Crippen LogP contribution in [0.4, 0.5) is 5.69 Å². The van der Waals surface area contributed by atoms with Gasteiger partial charge in [0.2, 0.25) is 5.90 Å². The number of hydrogen-bond acceptors (Lipinski definition) is 6. The lowest BCUT2D eigenvalue weighted by Crippen LogP contribution is -2.49. The Balaban J connectivity index is 1.28. The van der Waals surface area contributed by atoms with Crippen molar-refractivity contribution in [2.75, 3.05) is 26.2 Å². The standard InChI is InChI=1S/C23H21N5O3/c24-23(25-16-5-2-1-3-6-16)28-12-10-27(11-13-28)15-19-22(29)31-21(26-19)18-7-4-8-20-17(18)9-14-30-20/h1-9,14-15H,10-13H2,(H2,24,25). The van der Waals surface area contributed by atoms with E-state index < -0.39 is 5.97 Å². The van der Waals surface area contributed by atoms with E-state index in [-0.39, 0.29) is 5.70 Å². The van der Waals surface area contributed by atoms with E-state index in [1.165, 1.54) is 0 Å². The first kappa shape index (κ1) is 18.9. The fraction of sp³-hybridized carbons (Fsp3) is 0.174. The molecule has 0 radical (unpaired) electrons. The molecule has 8 heteroatoms. The quantitative estimate of drug-likeness (QED) is 0.306. The highest BCUT2D eigenvalue weighted by Crippen LogP contribution is 2.25. The van der Waals surface area contributed by atoms with Gasteiger partial charge in [-0.15, -0.1) is 0 Å². The van der Waals surface area contributed by atoms with E-state index in [0.29, 0.717) is 38.0 Å². The summed E-state index contributed by atoms with van der Waals surface area (Å²) in [5.41, 5.74) is 8.74. The number of fused-ring (bicyclic) bond motifs is 1. The number of nitrogens with two attached hydrogens (primary N) is 1. The van der Waals surface area contributed by atoms with Gasteiger partial charge in [0, 0.05) is 43.3 Å². The summed E-state index contributed by atoms with van der Waals surface area (Å²) >= 11 is 0. The number of nitrogens with zero attached hydrogens (tertiary/aromatic N) is 4. The SMILES string of the molecule is NC(=Nc1ccccc1)N1CCN(C=C2N=C(c3cccc4occc34)OC2=O)CC1. The third-order valence-electron chi connectivity index (χ3n) is 5.29. The molecule has 1 saturated heterocycles. The van der Waals surface area contributed by atoms with Gasteiger partial charge in [-0.3, -0.25) is 0 Å². The van der Waals surface area contributed by atoms with Crippen molar-refractivity contribution >= 4 is 34.5 Å². The molecule has 3 aromatic rings. The maximum atomic E-state index is 12.4. The number of carbonyl (C=O) groups excluding carboxylic acids is 1. The highest BCUT2D eigenvalue weighted by Gasteiger charge is 2.27. The molecule has 0 amide bonds. The number of carbonyl (C=O) groups is 1. The molecule has 0 unspecified atom stereocenters. The van der Waals surface area contributed by atoms with Crippen LogP contribution < -0.4 is 5.73 Å². The van der Waals surface area contributed by atoms with Crippen molar-refractivity contribution in [3.63, 3.8) is 0 Å². The second-order valence-corrected chi connectivity index (χ2v) is 7.29. The Labute approximate surface area is 178 Å². The highest BCUT2D eigenvalue weighted by atomic mass is 16.6.